The Bertz CT molecular complexity index is 391. The number of carbonyl (C=O) groups excluding carboxylic acids is 1. The lowest BCUT2D eigenvalue weighted by Crippen LogP contribution is -2.13. The molecule has 0 N–H and O–H groups in total. The van der Waals surface area contributed by atoms with Gasteiger partial charge in [0.2, 0.25) is 5.88 Å². The monoisotopic (exact) mass is 233 g/mol. The Kier molecular flexibility index (Phi) is 3.77. The van der Waals surface area contributed by atoms with E-state index in [9.17, 15) is 4.79 Å². The van der Waals surface area contributed by atoms with Crippen LogP contribution in [0.1, 0.15) is 51.0 Å². The molecule has 0 unspecified atom stereocenters. The molecule has 0 spiro atoms. The van der Waals surface area contributed by atoms with E-state index in [2.05, 4.69) is 4.98 Å². The van der Waals surface area contributed by atoms with Crippen LogP contribution in [0.3, 0.4) is 0 Å². The first-order valence-electron chi connectivity index (χ1n) is 6.29. The van der Waals surface area contributed by atoms with Crippen LogP contribution in [-0.4, -0.2) is 16.9 Å². The van der Waals surface area contributed by atoms with E-state index in [4.69, 9.17) is 4.74 Å². The fraction of sp³-hybridized carbons (Fsp3) is 0.571. The lowest BCUT2D eigenvalue weighted by atomic mass is 9.84. The molecule has 3 nitrogen and oxygen atoms in total. The van der Waals surface area contributed by atoms with Crippen LogP contribution >= 0.6 is 0 Å². The summed E-state index contributed by atoms with van der Waals surface area (Å²) >= 11 is 0. The smallest absolute Gasteiger partial charge is 0.213 e. The number of hydrogen-bond donors (Lipinski definition) is 0. The minimum absolute atomic E-state index is 0.144. The highest BCUT2D eigenvalue weighted by Crippen LogP contribution is 2.32. The number of ether oxygens (including phenoxy) is 1. The summed E-state index contributed by atoms with van der Waals surface area (Å²) in [5.74, 6) is 1.58. The topological polar surface area (TPSA) is 39.2 Å². The zero-order valence-electron chi connectivity index (χ0n) is 10.5. The molecule has 0 radical (unpaired) electrons. The van der Waals surface area contributed by atoms with Gasteiger partial charge in [-0.15, -0.1) is 0 Å². The normalized spacial score (nSPS) is 17.5. The maximum absolute atomic E-state index is 11.2. The standard InChI is InChI=1S/C14H19NO2/c1-10(2)17-14-9-12(7-8-15-14)11-3-5-13(16)6-4-11/h7-11H,3-6H2,1-2H3. The first kappa shape index (κ1) is 12.1. The SMILES string of the molecule is CC(C)Oc1cc(C2CCC(=O)CC2)ccn1. The first-order chi connectivity index (χ1) is 8.15. The van der Waals surface area contributed by atoms with Gasteiger partial charge in [0, 0.05) is 25.1 Å². The Morgan fingerprint density at radius 1 is 1.35 bits per heavy atom. The van der Waals surface area contributed by atoms with E-state index < -0.39 is 0 Å². The summed E-state index contributed by atoms with van der Waals surface area (Å²) in [4.78, 5) is 15.4. The van der Waals surface area contributed by atoms with Gasteiger partial charge in [-0.3, -0.25) is 4.79 Å². The fourth-order valence-electron chi connectivity index (χ4n) is 2.26. The molecule has 3 heteroatoms. The Morgan fingerprint density at radius 2 is 2.06 bits per heavy atom. The molecule has 2 rings (SSSR count). The highest BCUT2D eigenvalue weighted by Gasteiger charge is 2.20. The summed E-state index contributed by atoms with van der Waals surface area (Å²) < 4.78 is 5.59. The summed E-state index contributed by atoms with van der Waals surface area (Å²) in [7, 11) is 0. The summed E-state index contributed by atoms with van der Waals surface area (Å²) in [6, 6.07) is 4.05. The largest absolute Gasteiger partial charge is 0.475 e. The molecule has 1 aromatic rings. The van der Waals surface area contributed by atoms with E-state index in [1.807, 2.05) is 26.0 Å². The van der Waals surface area contributed by atoms with Crippen molar-refractivity contribution in [2.45, 2.75) is 51.6 Å². The third-order valence-electron chi connectivity index (χ3n) is 3.13. The highest BCUT2D eigenvalue weighted by molar-refractivity contribution is 5.79. The minimum Gasteiger partial charge on any atom is -0.475 e. The van der Waals surface area contributed by atoms with Crippen molar-refractivity contribution in [3.05, 3.63) is 23.9 Å². The molecule has 0 bridgehead atoms. The molecular formula is C14H19NO2. The van der Waals surface area contributed by atoms with Gasteiger partial charge in [0.15, 0.2) is 0 Å². The third kappa shape index (κ3) is 3.29. The summed E-state index contributed by atoms with van der Waals surface area (Å²) in [5, 5.41) is 0. The van der Waals surface area contributed by atoms with Crippen molar-refractivity contribution in [3.8, 4) is 5.88 Å². The number of carbonyl (C=O) groups is 1. The van der Waals surface area contributed by atoms with Crippen molar-refractivity contribution in [3.63, 3.8) is 0 Å². The molecule has 0 atom stereocenters. The van der Waals surface area contributed by atoms with Crippen LogP contribution in [0.4, 0.5) is 0 Å². The second-order valence-corrected chi connectivity index (χ2v) is 4.91. The van der Waals surface area contributed by atoms with Crippen molar-refractivity contribution >= 4 is 5.78 Å². The number of aromatic nitrogens is 1. The van der Waals surface area contributed by atoms with Crippen molar-refractivity contribution in [1.29, 1.82) is 0 Å². The Hall–Kier alpha value is -1.38. The average Bonchev–Trinajstić information content (AvgIpc) is 2.29. The van der Waals surface area contributed by atoms with Crippen LogP contribution < -0.4 is 4.74 Å². The molecule has 1 aliphatic carbocycles. The predicted molar refractivity (Wildman–Crippen MR) is 66.2 cm³/mol. The van der Waals surface area contributed by atoms with Gasteiger partial charge in [-0.1, -0.05) is 0 Å². The van der Waals surface area contributed by atoms with Gasteiger partial charge in [-0.05, 0) is 44.2 Å². The third-order valence-corrected chi connectivity index (χ3v) is 3.13. The molecule has 0 amide bonds. The van der Waals surface area contributed by atoms with E-state index in [1.54, 1.807) is 6.20 Å². The number of nitrogens with zero attached hydrogens (tertiary/aromatic N) is 1. The second-order valence-electron chi connectivity index (χ2n) is 4.91. The van der Waals surface area contributed by atoms with E-state index in [-0.39, 0.29) is 6.10 Å². The molecule has 0 saturated heterocycles. The number of pyridine rings is 1. The molecule has 0 aromatic carbocycles. The molecule has 92 valence electrons. The van der Waals surface area contributed by atoms with E-state index in [0.717, 1.165) is 12.8 Å². The second kappa shape index (κ2) is 5.30. The predicted octanol–water partition coefficient (Wildman–Crippen LogP) is 3.10. The van der Waals surface area contributed by atoms with Crippen LogP contribution in [0, 0.1) is 0 Å². The molecular weight excluding hydrogens is 214 g/mol. The van der Waals surface area contributed by atoms with Crippen molar-refractivity contribution < 1.29 is 9.53 Å². The van der Waals surface area contributed by atoms with Crippen LogP contribution in [0.2, 0.25) is 0 Å². The lowest BCUT2D eigenvalue weighted by Gasteiger charge is -2.21. The molecule has 0 aliphatic heterocycles. The van der Waals surface area contributed by atoms with Crippen molar-refractivity contribution in [1.82, 2.24) is 4.98 Å². The van der Waals surface area contributed by atoms with E-state index >= 15 is 0 Å². The van der Waals surface area contributed by atoms with Gasteiger partial charge in [-0.25, -0.2) is 4.98 Å². The number of Topliss-reactive ketones (excluding diaryl/α,β-unsaturated/α-hetero) is 1. The quantitative estimate of drug-likeness (QED) is 0.805. The molecule has 1 heterocycles. The summed E-state index contributed by atoms with van der Waals surface area (Å²) in [6.07, 6.45) is 5.30. The van der Waals surface area contributed by atoms with E-state index in [0.29, 0.717) is 30.4 Å². The Balaban J connectivity index is 2.07. The van der Waals surface area contributed by atoms with Gasteiger partial charge in [0.1, 0.15) is 5.78 Å². The average molecular weight is 233 g/mol. The number of ketones is 1. The van der Waals surface area contributed by atoms with Gasteiger partial charge >= 0.3 is 0 Å². The van der Waals surface area contributed by atoms with Crippen molar-refractivity contribution in [2.24, 2.45) is 0 Å². The van der Waals surface area contributed by atoms with Crippen LogP contribution in [-0.2, 0) is 4.79 Å². The Labute approximate surface area is 102 Å². The minimum atomic E-state index is 0.144. The summed E-state index contributed by atoms with van der Waals surface area (Å²) in [6.45, 7) is 3.99. The maximum atomic E-state index is 11.2. The molecule has 1 fully saturated rings. The fourth-order valence-corrected chi connectivity index (χ4v) is 2.26. The van der Waals surface area contributed by atoms with E-state index in [1.165, 1.54) is 5.56 Å². The zero-order chi connectivity index (χ0) is 12.3. The lowest BCUT2D eigenvalue weighted by molar-refractivity contribution is -0.120. The zero-order valence-corrected chi connectivity index (χ0v) is 10.5. The Morgan fingerprint density at radius 3 is 2.71 bits per heavy atom. The highest BCUT2D eigenvalue weighted by atomic mass is 16.5. The van der Waals surface area contributed by atoms with Crippen LogP contribution in [0.15, 0.2) is 18.3 Å². The molecule has 1 aromatic heterocycles. The molecule has 1 aliphatic rings. The van der Waals surface area contributed by atoms with Gasteiger partial charge in [0.25, 0.3) is 0 Å². The summed E-state index contributed by atoms with van der Waals surface area (Å²) in [5.41, 5.74) is 1.25. The molecule has 17 heavy (non-hydrogen) atoms. The number of rotatable bonds is 3. The van der Waals surface area contributed by atoms with Gasteiger partial charge in [-0.2, -0.15) is 0 Å². The number of hydrogen-bond acceptors (Lipinski definition) is 3. The van der Waals surface area contributed by atoms with Crippen molar-refractivity contribution in [2.75, 3.05) is 0 Å². The van der Waals surface area contributed by atoms with Gasteiger partial charge in [0.05, 0.1) is 6.10 Å². The van der Waals surface area contributed by atoms with Crippen LogP contribution in [0.25, 0.3) is 0 Å². The maximum Gasteiger partial charge on any atom is 0.213 e. The first-order valence-corrected chi connectivity index (χ1v) is 6.29. The van der Waals surface area contributed by atoms with Crippen LogP contribution in [0.5, 0.6) is 5.88 Å². The van der Waals surface area contributed by atoms with Gasteiger partial charge < -0.3 is 4.74 Å². The molecule has 1 saturated carbocycles.